The van der Waals surface area contributed by atoms with Crippen LogP contribution in [0.1, 0.15) is 25.0 Å². The summed E-state index contributed by atoms with van der Waals surface area (Å²) >= 11 is 0. The maximum Gasteiger partial charge on any atom is 0.246 e. The zero-order valence-electron chi connectivity index (χ0n) is 11.2. The zero-order valence-corrected chi connectivity index (χ0v) is 12.0. The van der Waals surface area contributed by atoms with Gasteiger partial charge in [-0.15, -0.1) is 0 Å². The van der Waals surface area contributed by atoms with Crippen LogP contribution < -0.4 is 10.5 Å². The van der Waals surface area contributed by atoms with Crippen molar-refractivity contribution in [2.45, 2.75) is 31.1 Å². The van der Waals surface area contributed by atoms with Crippen molar-refractivity contribution >= 4 is 15.8 Å². The molecule has 1 aromatic heterocycles. The quantitative estimate of drug-likeness (QED) is 0.668. The number of rotatable bonds is 6. The largest absolute Gasteiger partial charge is 0.396 e. The Morgan fingerprint density at radius 2 is 2.16 bits per heavy atom. The molecule has 0 aliphatic heterocycles. The molecule has 0 spiro atoms. The first-order valence-corrected chi connectivity index (χ1v) is 7.69. The number of hydrogen-bond acceptors (Lipinski definition) is 5. The Hall–Kier alpha value is -1.12. The Morgan fingerprint density at radius 3 is 2.58 bits per heavy atom. The molecule has 0 radical (unpaired) electrons. The average molecular weight is 288 g/mol. The molecule has 0 aromatic carbocycles. The molecule has 1 fully saturated rings. The normalized spacial score (nSPS) is 17.6. The average Bonchev–Trinajstić information content (AvgIpc) is 3.01. The van der Waals surface area contributed by atoms with Crippen LogP contribution in [0.4, 0.5) is 5.82 Å². The number of aromatic nitrogens is 2. The maximum absolute atomic E-state index is 12.3. The van der Waals surface area contributed by atoms with Crippen molar-refractivity contribution in [3.8, 4) is 0 Å². The molecule has 0 bridgehead atoms. The molecular weight excluding hydrogens is 268 g/mol. The van der Waals surface area contributed by atoms with Gasteiger partial charge in [-0.05, 0) is 31.6 Å². The van der Waals surface area contributed by atoms with Gasteiger partial charge >= 0.3 is 0 Å². The predicted octanol–water partition coefficient (Wildman–Crippen LogP) is -0.248. The monoisotopic (exact) mass is 288 g/mol. The summed E-state index contributed by atoms with van der Waals surface area (Å²) in [5.74, 6) is 0.0134. The van der Waals surface area contributed by atoms with E-state index in [1.165, 1.54) is 4.68 Å². The Balaban J connectivity index is 2.15. The van der Waals surface area contributed by atoms with Gasteiger partial charge in [-0.2, -0.15) is 5.10 Å². The third kappa shape index (κ3) is 2.75. The summed E-state index contributed by atoms with van der Waals surface area (Å²) in [4.78, 5) is 0.0507. The van der Waals surface area contributed by atoms with Crippen molar-refractivity contribution in [3.63, 3.8) is 0 Å². The molecule has 0 saturated heterocycles. The lowest BCUT2D eigenvalue weighted by Gasteiger charge is -2.14. The van der Waals surface area contributed by atoms with Crippen molar-refractivity contribution in [2.75, 3.05) is 18.9 Å². The Kier molecular flexibility index (Phi) is 3.59. The molecule has 0 amide bonds. The van der Waals surface area contributed by atoms with Crippen LogP contribution in [-0.2, 0) is 17.1 Å². The van der Waals surface area contributed by atoms with Gasteiger partial charge in [0.05, 0.1) is 5.69 Å². The lowest BCUT2D eigenvalue weighted by Crippen LogP contribution is -2.31. The van der Waals surface area contributed by atoms with Gasteiger partial charge < -0.3 is 10.8 Å². The summed E-state index contributed by atoms with van der Waals surface area (Å²) in [7, 11) is -2.00. The lowest BCUT2D eigenvalue weighted by atomic mass is 10.0. The summed E-state index contributed by atoms with van der Waals surface area (Å²) in [6, 6.07) is 0. The molecule has 108 valence electrons. The summed E-state index contributed by atoms with van der Waals surface area (Å²) in [5, 5.41) is 12.9. The van der Waals surface area contributed by atoms with E-state index in [9.17, 15) is 8.42 Å². The molecule has 1 aromatic rings. The standard InChI is InChI=1S/C11H20N4O3S/c1-8-9(10(12)14-15(8)2)19(17,18)13-7-11(3-4-11)5-6-16/h13,16H,3-7H2,1-2H3,(H2,12,14). The van der Waals surface area contributed by atoms with E-state index in [1.54, 1.807) is 14.0 Å². The fraction of sp³-hybridized carbons (Fsp3) is 0.727. The van der Waals surface area contributed by atoms with E-state index in [0.29, 0.717) is 18.7 Å². The van der Waals surface area contributed by atoms with Gasteiger partial charge in [-0.3, -0.25) is 4.68 Å². The molecule has 4 N–H and O–H groups in total. The molecule has 0 unspecified atom stereocenters. The predicted molar refractivity (Wildman–Crippen MR) is 70.9 cm³/mol. The number of sulfonamides is 1. The van der Waals surface area contributed by atoms with E-state index in [2.05, 4.69) is 9.82 Å². The molecule has 1 heterocycles. The minimum absolute atomic E-state index is 0.0134. The molecule has 1 aliphatic rings. The van der Waals surface area contributed by atoms with Crippen LogP contribution in [0.25, 0.3) is 0 Å². The number of hydrogen-bond donors (Lipinski definition) is 3. The molecule has 7 nitrogen and oxygen atoms in total. The summed E-state index contributed by atoms with van der Waals surface area (Å²) in [5.41, 5.74) is 6.09. The first kappa shape index (κ1) is 14.3. The SMILES string of the molecule is Cc1c(S(=O)(=O)NCC2(CCO)CC2)c(N)nn1C. The Morgan fingerprint density at radius 1 is 1.53 bits per heavy atom. The van der Waals surface area contributed by atoms with Gasteiger partial charge in [-0.25, -0.2) is 13.1 Å². The van der Waals surface area contributed by atoms with Crippen LogP contribution >= 0.6 is 0 Å². The molecule has 0 atom stereocenters. The zero-order chi connectivity index (χ0) is 14.3. The van der Waals surface area contributed by atoms with Crippen LogP contribution in [0.5, 0.6) is 0 Å². The number of aryl methyl sites for hydroxylation is 1. The van der Waals surface area contributed by atoms with Gasteiger partial charge in [0.2, 0.25) is 10.0 Å². The van der Waals surface area contributed by atoms with E-state index >= 15 is 0 Å². The molecule has 19 heavy (non-hydrogen) atoms. The van der Waals surface area contributed by atoms with E-state index in [-0.39, 0.29) is 22.7 Å². The highest BCUT2D eigenvalue weighted by Gasteiger charge is 2.42. The fourth-order valence-corrected chi connectivity index (χ4v) is 3.67. The molecule has 1 saturated carbocycles. The van der Waals surface area contributed by atoms with Crippen molar-refractivity contribution in [1.82, 2.24) is 14.5 Å². The lowest BCUT2D eigenvalue weighted by molar-refractivity contribution is 0.249. The molecular formula is C11H20N4O3S. The highest BCUT2D eigenvalue weighted by atomic mass is 32.2. The minimum Gasteiger partial charge on any atom is -0.396 e. The maximum atomic E-state index is 12.3. The van der Waals surface area contributed by atoms with Crippen LogP contribution in [0.2, 0.25) is 0 Å². The third-order valence-electron chi connectivity index (χ3n) is 3.81. The Bertz CT molecular complexity index is 575. The Labute approximate surface area is 112 Å². The van der Waals surface area contributed by atoms with Crippen LogP contribution in [0.15, 0.2) is 4.90 Å². The summed E-state index contributed by atoms with van der Waals surface area (Å²) < 4.78 is 28.6. The van der Waals surface area contributed by atoms with Crippen molar-refractivity contribution < 1.29 is 13.5 Å². The number of aliphatic hydroxyl groups is 1. The first-order valence-electron chi connectivity index (χ1n) is 6.21. The van der Waals surface area contributed by atoms with E-state index < -0.39 is 10.0 Å². The summed E-state index contributed by atoms with van der Waals surface area (Å²) in [6.07, 6.45) is 2.51. The van der Waals surface area contributed by atoms with Crippen molar-refractivity contribution in [2.24, 2.45) is 12.5 Å². The van der Waals surface area contributed by atoms with Crippen LogP contribution in [0, 0.1) is 12.3 Å². The topological polar surface area (TPSA) is 110 Å². The van der Waals surface area contributed by atoms with Crippen molar-refractivity contribution in [1.29, 1.82) is 0 Å². The summed E-state index contributed by atoms with van der Waals surface area (Å²) in [6.45, 7) is 2.08. The van der Waals surface area contributed by atoms with Crippen LogP contribution in [0.3, 0.4) is 0 Å². The second-order valence-corrected chi connectivity index (χ2v) is 6.93. The highest BCUT2D eigenvalue weighted by Crippen LogP contribution is 2.48. The second kappa shape index (κ2) is 4.77. The molecule has 2 rings (SSSR count). The van der Waals surface area contributed by atoms with Crippen LogP contribution in [-0.4, -0.2) is 36.5 Å². The second-order valence-electron chi connectivity index (χ2n) is 5.22. The van der Waals surface area contributed by atoms with E-state index in [4.69, 9.17) is 10.8 Å². The first-order chi connectivity index (χ1) is 8.81. The van der Waals surface area contributed by atoms with Gasteiger partial charge in [0, 0.05) is 20.2 Å². The number of anilines is 1. The number of nitrogens with zero attached hydrogens (tertiary/aromatic N) is 2. The number of aliphatic hydroxyl groups excluding tert-OH is 1. The van der Waals surface area contributed by atoms with Gasteiger partial charge in [0.25, 0.3) is 0 Å². The van der Waals surface area contributed by atoms with E-state index in [1.807, 2.05) is 0 Å². The fourth-order valence-electron chi connectivity index (χ4n) is 2.20. The minimum atomic E-state index is -3.65. The highest BCUT2D eigenvalue weighted by molar-refractivity contribution is 7.89. The number of nitrogens with two attached hydrogens (primary N) is 1. The van der Waals surface area contributed by atoms with E-state index in [0.717, 1.165) is 12.8 Å². The number of nitrogen functional groups attached to an aromatic ring is 1. The number of nitrogens with one attached hydrogen (secondary N) is 1. The molecule has 1 aliphatic carbocycles. The molecule has 8 heteroatoms. The van der Waals surface area contributed by atoms with Gasteiger partial charge in [-0.1, -0.05) is 0 Å². The third-order valence-corrected chi connectivity index (χ3v) is 5.38. The van der Waals surface area contributed by atoms with Gasteiger partial charge in [0.1, 0.15) is 4.90 Å². The van der Waals surface area contributed by atoms with Gasteiger partial charge in [0.15, 0.2) is 5.82 Å². The smallest absolute Gasteiger partial charge is 0.246 e. The van der Waals surface area contributed by atoms with Crippen molar-refractivity contribution in [3.05, 3.63) is 5.69 Å².